The fraction of sp³-hybridized carbons (Fsp3) is 0.667. The highest BCUT2D eigenvalue weighted by Gasteiger charge is 2.10. The summed E-state index contributed by atoms with van der Waals surface area (Å²) in [5.74, 6) is 1.52. The van der Waals surface area contributed by atoms with Gasteiger partial charge in [-0.05, 0) is 26.9 Å². The molecular formula is C12H23NO2. The van der Waals surface area contributed by atoms with Crippen LogP contribution in [0.1, 0.15) is 20.3 Å². The average Bonchev–Trinajstić information content (AvgIpc) is 2.18. The summed E-state index contributed by atoms with van der Waals surface area (Å²) in [6, 6.07) is 0. The maximum Gasteiger partial charge on any atom is 0.160 e. The van der Waals surface area contributed by atoms with Gasteiger partial charge in [0.05, 0.1) is 14.2 Å². The van der Waals surface area contributed by atoms with E-state index in [1.807, 2.05) is 6.92 Å². The monoisotopic (exact) mass is 213 g/mol. The van der Waals surface area contributed by atoms with Crippen molar-refractivity contribution in [2.24, 2.45) is 0 Å². The van der Waals surface area contributed by atoms with E-state index in [0.29, 0.717) is 0 Å². The van der Waals surface area contributed by atoms with E-state index in [2.05, 4.69) is 25.5 Å². The molecule has 3 nitrogen and oxygen atoms in total. The summed E-state index contributed by atoms with van der Waals surface area (Å²) in [6.45, 7) is 9.91. The average molecular weight is 213 g/mol. The van der Waals surface area contributed by atoms with Crippen LogP contribution >= 0.6 is 0 Å². The van der Waals surface area contributed by atoms with Crippen molar-refractivity contribution in [3.05, 3.63) is 23.7 Å². The van der Waals surface area contributed by atoms with E-state index in [1.165, 1.54) is 0 Å². The third kappa shape index (κ3) is 4.88. The van der Waals surface area contributed by atoms with E-state index in [9.17, 15) is 0 Å². The normalized spacial score (nSPS) is 12.4. The smallest absolute Gasteiger partial charge is 0.160 e. The van der Waals surface area contributed by atoms with Gasteiger partial charge in [0, 0.05) is 12.1 Å². The van der Waals surface area contributed by atoms with Gasteiger partial charge in [-0.2, -0.15) is 0 Å². The van der Waals surface area contributed by atoms with Gasteiger partial charge in [0.15, 0.2) is 5.76 Å². The molecule has 0 N–H and O–H groups in total. The summed E-state index contributed by atoms with van der Waals surface area (Å²) in [6.07, 6.45) is 1.14. The van der Waals surface area contributed by atoms with E-state index < -0.39 is 0 Å². The van der Waals surface area contributed by atoms with Gasteiger partial charge in [-0.25, -0.2) is 0 Å². The molecule has 0 unspecified atom stereocenters. The Hall–Kier alpha value is -0.960. The fourth-order valence-corrected chi connectivity index (χ4v) is 1.49. The van der Waals surface area contributed by atoms with Crippen LogP contribution in [0, 0.1) is 0 Å². The SMILES string of the molecule is C=C(CN(C)CCC)C(OC)=C(C)OC. The Labute approximate surface area is 93.4 Å². The lowest BCUT2D eigenvalue weighted by molar-refractivity contribution is 0.224. The minimum absolute atomic E-state index is 0.750. The second-order valence-corrected chi connectivity index (χ2v) is 3.63. The minimum atomic E-state index is 0.750. The molecule has 0 aromatic rings. The molecule has 0 heterocycles. The molecular weight excluding hydrogens is 190 g/mol. The molecule has 0 spiro atoms. The molecule has 0 amide bonds. The van der Waals surface area contributed by atoms with E-state index in [0.717, 1.165) is 36.6 Å². The van der Waals surface area contributed by atoms with Crippen LogP contribution in [-0.2, 0) is 9.47 Å². The lowest BCUT2D eigenvalue weighted by Gasteiger charge is -2.19. The first-order valence-corrected chi connectivity index (χ1v) is 5.22. The summed E-state index contributed by atoms with van der Waals surface area (Å²) in [4.78, 5) is 2.21. The molecule has 0 aliphatic carbocycles. The fourth-order valence-electron chi connectivity index (χ4n) is 1.49. The first-order chi connectivity index (χ1) is 7.06. The van der Waals surface area contributed by atoms with Crippen LogP contribution in [0.5, 0.6) is 0 Å². The zero-order chi connectivity index (χ0) is 11.8. The van der Waals surface area contributed by atoms with E-state index in [4.69, 9.17) is 9.47 Å². The quantitative estimate of drug-likeness (QED) is 0.479. The molecule has 0 aromatic heterocycles. The number of rotatable bonds is 7. The summed E-state index contributed by atoms with van der Waals surface area (Å²) in [5.41, 5.74) is 0.952. The summed E-state index contributed by atoms with van der Waals surface area (Å²) >= 11 is 0. The topological polar surface area (TPSA) is 21.7 Å². The van der Waals surface area contributed by atoms with Crippen LogP contribution in [0.2, 0.25) is 0 Å². The molecule has 0 atom stereocenters. The highest BCUT2D eigenvalue weighted by molar-refractivity contribution is 5.26. The molecule has 0 radical (unpaired) electrons. The van der Waals surface area contributed by atoms with Crippen molar-refractivity contribution in [3.63, 3.8) is 0 Å². The first kappa shape index (κ1) is 14.0. The first-order valence-electron chi connectivity index (χ1n) is 5.22. The number of allylic oxidation sites excluding steroid dienone is 1. The Morgan fingerprint density at radius 3 is 2.27 bits per heavy atom. The van der Waals surface area contributed by atoms with Crippen molar-refractivity contribution in [3.8, 4) is 0 Å². The van der Waals surface area contributed by atoms with Gasteiger partial charge in [0.25, 0.3) is 0 Å². The predicted octanol–water partition coefficient (Wildman–Crippen LogP) is 2.41. The third-order valence-electron chi connectivity index (χ3n) is 2.22. The maximum atomic E-state index is 5.27. The highest BCUT2D eigenvalue weighted by atomic mass is 16.5. The van der Waals surface area contributed by atoms with Gasteiger partial charge in [-0.15, -0.1) is 0 Å². The van der Waals surface area contributed by atoms with Gasteiger partial charge in [0.1, 0.15) is 5.76 Å². The van der Waals surface area contributed by atoms with E-state index >= 15 is 0 Å². The van der Waals surface area contributed by atoms with Crippen molar-refractivity contribution in [1.82, 2.24) is 4.90 Å². The minimum Gasteiger partial charge on any atom is -0.498 e. The summed E-state index contributed by atoms with van der Waals surface area (Å²) in [5, 5.41) is 0. The largest absolute Gasteiger partial charge is 0.498 e. The van der Waals surface area contributed by atoms with Crippen molar-refractivity contribution in [2.45, 2.75) is 20.3 Å². The molecule has 0 aromatic carbocycles. The van der Waals surface area contributed by atoms with Crippen LogP contribution in [0.25, 0.3) is 0 Å². The van der Waals surface area contributed by atoms with Gasteiger partial charge < -0.3 is 14.4 Å². The molecule has 0 fully saturated rings. The Kier molecular flexibility index (Phi) is 6.88. The molecule has 0 bridgehead atoms. The molecule has 0 aliphatic rings. The van der Waals surface area contributed by atoms with E-state index in [-0.39, 0.29) is 0 Å². The number of hydrogen-bond acceptors (Lipinski definition) is 3. The molecule has 15 heavy (non-hydrogen) atoms. The summed E-state index contributed by atoms with van der Waals surface area (Å²) in [7, 11) is 5.35. The van der Waals surface area contributed by atoms with Crippen LogP contribution in [-0.4, -0.2) is 39.3 Å². The molecule has 0 aliphatic heterocycles. The second-order valence-electron chi connectivity index (χ2n) is 3.63. The van der Waals surface area contributed by atoms with Crippen molar-refractivity contribution in [1.29, 1.82) is 0 Å². The number of likely N-dealkylation sites (N-methyl/N-ethyl adjacent to an activating group) is 1. The van der Waals surface area contributed by atoms with Crippen LogP contribution in [0.4, 0.5) is 0 Å². The van der Waals surface area contributed by atoms with Crippen LogP contribution < -0.4 is 0 Å². The zero-order valence-corrected chi connectivity index (χ0v) is 10.6. The molecule has 0 rings (SSSR count). The Balaban J connectivity index is 4.41. The Morgan fingerprint density at radius 1 is 1.27 bits per heavy atom. The van der Waals surface area contributed by atoms with Gasteiger partial charge in [0.2, 0.25) is 0 Å². The van der Waals surface area contributed by atoms with Gasteiger partial charge in [-0.3, -0.25) is 0 Å². The second kappa shape index (κ2) is 7.35. The van der Waals surface area contributed by atoms with E-state index in [1.54, 1.807) is 14.2 Å². The predicted molar refractivity (Wildman–Crippen MR) is 63.6 cm³/mol. The lowest BCUT2D eigenvalue weighted by Crippen LogP contribution is -2.22. The van der Waals surface area contributed by atoms with Crippen LogP contribution in [0.3, 0.4) is 0 Å². The molecule has 88 valence electrons. The Morgan fingerprint density at radius 2 is 1.87 bits per heavy atom. The third-order valence-corrected chi connectivity index (χ3v) is 2.22. The lowest BCUT2D eigenvalue weighted by atomic mass is 10.2. The standard InChI is InChI=1S/C12H23NO2/c1-7-8-13(4)9-10(2)12(15-6)11(3)14-5/h2,7-9H2,1,3-6H3. The number of hydrogen-bond donors (Lipinski definition) is 0. The van der Waals surface area contributed by atoms with Gasteiger partial charge >= 0.3 is 0 Å². The summed E-state index contributed by atoms with van der Waals surface area (Å²) < 4.78 is 10.4. The number of ether oxygens (including phenoxy) is 2. The van der Waals surface area contributed by atoms with Crippen molar-refractivity contribution < 1.29 is 9.47 Å². The van der Waals surface area contributed by atoms with Crippen molar-refractivity contribution in [2.75, 3.05) is 34.4 Å². The zero-order valence-electron chi connectivity index (χ0n) is 10.6. The number of nitrogens with zero attached hydrogens (tertiary/aromatic N) is 1. The highest BCUT2D eigenvalue weighted by Crippen LogP contribution is 2.15. The molecule has 0 saturated heterocycles. The molecule has 0 saturated carbocycles. The molecule has 3 heteroatoms. The Bertz CT molecular complexity index is 234. The maximum absolute atomic E-state index is 5.27. The van der Waals surface area contributed by atoms with Crippen molar-refractivity contribution >= 4 is 0 Å². The van der Waals surface area contributed by atoms with Crippen LogP contribution in [0.15, 0.2) is 23.7 Å². The van der Waals surface area contributed by atoms with Gasteiger partial charge in [-0.1, -0.05) is 13.5 Å². The number of methoxy groups -OCH3 is 2.